The van der Waals surface area contributed by atoms with Gasteiger partial charge in [-0.15, -0.1) is 11.3 Å². The van der Waals surface area contributed by atoms with Gasteiger partial charge in [0, 0.05) is 17.9 Å². The summed E-state index contributed by atoms with van der Waals surface area (Å²) in [4.78, 5) is 23.3. The Balaban J connectivity index is 2.49. The zero-order valence-corrected chi connectivity index (χ0v) is 13.0. The zero-order chi connectivity index (χ0) is 15.4. The van der Waals surface area contributed by atoms with Crippen LogP contribution in [0.1, 0.15) is 29.8 Å². The molecule has 0 saturated heterocycles. The van der Waals surface area contributed by atoms with E-state index >= 15 is 0 Å². The number of ether oxygens (including phenoxy) is 1. The van der Waals surface area contributed by atoms with Crippen LogP contribution in [0.4, 0.5) is 5.00 Å². The zero-order valence-electron chi connectivity index (χ0n) is 12.2. The number of carbonyl (C=O) groups is 2. The molecule has 0 aliphatic carbocycles. The molecule has 0 fully saturated rings. The molecule has 5 heteroatoms. The average Bonchev–Trinajstić information content (AvgIpc) is 2.89. The van der Waals surface area contributed by atoms with Gasteiger partial charge < -0.3 is 10.1 Å². The van der Waals surface area contributed by atoms with E-state index in [1.807, 2.05) is 29.6 Å². The van der Waals surface area contributed by atoms with E-state index in [0.717, 1.165) is 17.5 Å². The minimum atomic E-state index is -0.449. The van der Waals surface area contributed by atoms with Gasteiger partial charge in [0.2, 0.25) is 5.91 Å². The number of benzene rings is 1. The molecular formula is C16H17NO3S. The van der Waals surface area contributed by atoms with Crippen LogP contribution in [-0.4, -0.2) is 19.0 Å². The van der Waals surface area contributed by atoms with Gasteiger partial charge in [-0.05, 0) is 17.5 Å². The number of methoxy groups -OCH3 is 1. The van der Waals surface area contributed by atoms with Crippen molar-refractivity contribution in [2.75, 3.05) is 12.4 Å². The van der Waals surface area contributed by atoms with Crippen LogP contribution >= 0.6 is 11.3 Å². The first kappa shape index (κ1) is 15.3. The van der Waals surface area contributed by atoms with Crippen LogP contribution in [0.3, 0.4) is 0 Å². The molecule has 110 valence electrons. The van der Waals surface area contributed by atoms with Crippen LogP contribution in [0.5, 0.6) is 0 Å². The molecule has 2 rings (SSSR count). The van der Waals surface area contributed by atoms with Crippen molar-refractivity contribution in [3.8, 4) is 11.1 Å². The summed E-state index contributed by atoms with van der Waals surface area (Å²) in [6, 6.07) is 8.02. The lowest BCUT2D eigenvalue weighted by Crippen LogP contribution is -2.10. The van der Waals surface area contributed by atoms with Gasteiger partial charge in [0.05, 0.1) is 7.11 Å². The van der Waals surface area contributed by atoms with E-state index < -0.39 is 5.97 Å². The van der Waals surface area contributed by atoms with E-state index in [1.54, 1.807) is 0 Å². The van der Waals surface area contributed by atoms with Gasteiger partial charge in [0.1, 0.15) is 10.6 Å². The highest BCUT2D eigenvalue weighted by Crippen LogP contribution is 2.36. The van der Waals surface area contributed by atoms with E-state index in [0.29, 0.717) is 10.6 Å². The second kappa shape index (κ2) is 6.54. The molecule has 4 nitrogen and oxygen atoms in total. The second-order valence-corrected chi connectivity index (χ2v) is 5.46. The molecule has 21 heavy (non-hydrogen) atoms. The maximum absolute atomic E-state index is 12.0. The lowest BCUT2D eigenvalue weighted by Gasteiger charge is -2.07. The van der Waals surface area contributed by atoms with Crippen molar-refractivity contribution in [2.24, 2.45) is 0 Å². The first-order valence-electron chi connectivity index (χ1n) is 6.63. The van der Waals surface area contributed by atoms with Crippen molar-refractivity contribution in [1.29, 1.82) is 0 Å². The van der Waals surface area contributed by atoms with Crippen LogP contribution in [0.25, 0.3) is 11.1 Å². The molecule has 0 bridgehead atoms. The summed E-state index contributed by atoms with van der Waals surface area (Å²) < 4.78 is 4.84. The molecule has 1 aromatic heterocycles. The predicted molar refractivity (Wildman–Crippen MR) is 84.8 cm³/mol. The number of hydrogen-bond acceptors (Lipinski definition) is 4. The third-order valence-corrected chi connectivity index (χ3v) is 4.04. The van der Waals surface area contributed by atoms with Gasteiger partial charge in [0.25, 0.3) is 0 Å². The van der Waals surface area contributed by atoms with Crippen molar-refractivity contribution in [3.63, 3.8) is 0 Å². The Bertz CT molecular complexity index is 659. The summed E-state index contributed by atoms with van der Waals surface area (Å²) in [6.45, 7) is 3.50. The third-order valence-electron chi connectivity index (χ3n) is 3.14. The van der Waals surface area contributed by atoms with Crippen LogP contribution < -0.4 is 5.32 Å². The summed E-state index contributed by atoms with van der Waals surface area (Å²) in [5.41, 5.74) is 3.34. The molecule has 0 saturated carbocycles. The number of anilines is 1. The molecule has 1 N–H and O–H groups in total. The van der Waals surface area contributed by atoms with Crippen LogP contribution in [0.2, 0.25) is 0 Å². The topological polar surface area (TPSA) is 55.4 Å². The molecule has 0 unspecified atom stereocenters. The van der Waals surface area contributed by atoms with E-state index in [1.165, 1.54) is 30.9 Å². The fourth-order valence-electron chi connectivity index (χ4n) is 2.05. The summed E-state index contributed by atoms with van der Waals surface area (Å²) in [5, 5.41) is 5.06. The average molecular weight is 303 g/mol. The van der Waals surface area contributed by atoms with Crippen molar-refractivity contribution in [1.82, 2.24) is 0 Å². The maximum Gasteiger partial charge on any atom is 0.341 e. The van der Waals surface area contributed by atoms with Gasteiger partial charge in [-0.2, -0.15) is 0 Å². The Morgan fingerprint density at radius 1 is 1.24 bits per heavy atom. The lowest BCUT2D eigenvalue weighted by atomic mass is 10.0. The number of thiophene rings is 1. The molecule has 0 radical (unpaired) electrons. The monoisotopic (exact) mass is 303 g/mol. The first-order valence-corrected chi connectivity index (χ1v) is 7.51. The number of esters is 1. The van der Waals surface area contributed by atoms with E-state index in [4.69, 9.17) is 4.74 Å². The molecule has 0 spiro atoms. The van der Waals surface area contributed by atoms with E-state index in [9.17, 15) is 9.59 Å². The first-order chi connectivity index (χ1) is 10.1. The van der Waals surface area contributed by atoms with Crippen molar-refractivity contribution in [2.45, 2.75) is 20.3 Å². The smallest absolute Gasteiger partial charge is 0.341 e. The van der Waals surface area contributed by atoms with Crippen LogP contribution in [0, 0.1) is 0 Å². The Labute approximate surface area is 127 Å². The van der Waals surface area contributed by atoms with Gasteiger partial charge in [-0.25, -0.2) is 4.79 Å². The van der Waals surface area contributed by atoms with E-state index in [-0.39, 0.29) is 5.91 Å². The highest BCUT2D eigenvalue weighted by Gasteiger charge is 2.21. The molecule has 1 amide bonds. The fraction of sp³-hybridized carbons (Fsp3) is 0.250. The van der Waals surface area contributed by atoms with Crippen molar-refractivity contribution < 1.29 is 14.3 Å². The minimum absolute atomic E-state index is 0.213. The Hall–Kier alpha value is -2.14. The number of rotatable bonds is 4. The third kappa shape index (κ3) is 3.31. The van der Waals surface area contributed by atoms with E-state index in [2.05, 4.69) is 12.2 Å². The fourth-order valence-corrected chi connectivity index (χ4v) is 3.05. The molecule has 2 aromatic rings. The molecule has 0 aliphatic rings. The Morgan fingerprint density at radius 2 is 1.90 bits per heavy atom. The summed E-state index contributed by atoms with van der Waals surface area (Å²) in [7, 11) is 1.33. The molecule has 1 heterocycles. The number of amides is 1. The summed E-state index contributed by atoms with van der Waals surface area (Å²) >= 11 is 1.32. The number of aryl methyl sites for hydroxylation is 1. The highest BCUT2D eigenvalue weighted by atomic mass is 32.1. The van der Waals surface area contributed by atoms with Crippen molar-refractivity contribution in [3.05, 3.63) is 40.8 Å². The van der Waals surface area contributed by atoms with Gasteiger partial charge >= 0.3 is 5.97 Å². The summed E-state index contributed by atoms with van der Waals surface area (Å²) in [5.74, 6) is -0.663. The quantitative estimate of drug-likeness (QED) is 0.876. The van der Waals surface area contributed by atoms with Gasteiger partial charge in [0.15, 0.2) is 0 Å². The maximum atomic E-state index is 12.0. The molecule has 0 aliphatic heterocycles. The normalized spacial score (nSPS) is 10.2. The van der Waals surface area contributed by atoms with Crippen molar-refractivity contribution >= 4 is 28.2 Å². The highest BCUT2D eigenvalue weighted by molar-refractivity contribution is 7.15. The largest absolute Gasteiger partial charge is 0.465 e. The SMILES string of the molecule is CCc1ccc(-c2csc(NC(C)=O)c2C(=O)OC)cc1. The minimum Gasteiger partial charge on any atom is -0.465 e. The molecule has 1 aromatic carbocycles. The number of nitrogens with one attached hydrogen (secondary N) is 1. The lowest BCUT2D eigenvalue weighted by molar-refractivity contribution is -0.114. The van der Waals surface area contributed by atoms with Crippen LogP contribution in [-0.2, 0) is 16.0 Å². The molecular weight excluding hydrogens is 286 g/mol. The Morgan fingerprint density at radius 3 is 2.43 bits per heavy atom. The molecule has 0 atom stereocenters. The Kier molecular flexibility index (Phi) is 4.75. The van der Waals surface area contributed by atoms with Crippen LogP contribution in [0.15, 0.2) is 29.6 Å². The second-order valence-electron chi connectivity index (χ2n) is 4.58. The predicted octanol–water partition coefficient (Wildman–Crippen LogP) is 3.72. The number of hydrogen-bond donors (Lipinski definition) is 1. The summed E-state index contributed by atoms with van der Waals surface area (Å²) in [6.07, 6.45) is 0.963. The van der Waals surface area contributed by atoms with Gasteiger partial charge in [-0.3, -0.25) is 4.79 Å². The standard InChI is InChI=1S/C16H17NO3S/c1-4-11-5-7-12(8-6-11)13-9-21-15(17-10(2)18)14(13)16(19)20-3/h5-9H,4H2,1-3H3,(H,17,18). The number of carbonyl (C=O) groups excluding carboxylic acids is 2. The van der Waals surface area contributed by atoms with Gasteiger partial charge in [-0.1, -0.05) is 31.2 Å².